The lowest BCUT2D eigenvalue weighted by Gasteiger charge is -2.21. The minimum Gasteiger partial charge on any atom is -0.292 e. The van der Waals surface area contributed by atoms with Crippen LogP contribution in [-0.4, -0.2) is 5.91 Å². The third-order valence-electron chi connectivity index (χ3n) is 3.33. The van der Waals surface area contributed by atoms with Crippen LogP contribution in [0, 0.1) is 11.3 Å². The molecule has 4 nitrogen and oxygen atoms in total. The summed E-state index contributed by atoms with van der Waals surface area (Å²) in [5.41, 5.74) is 7.92. The molecule has 0 radical (unpaired) electrons. The van der Waals surface area contributed by atoms with Crippen LogP contribution in [0.2, 0.25) is 0 Å². The predicted octanol–water partition coefficient (Wildman–Crippen LogP) is 2.40. The summed E-state index contributed by atoms with van der Waals surface area (Å²) in [4.78, 5) is 14.0. The van der Waals surface area contributed by atoms with E-state index in [9.17, 15) is 4.79 Å². The average Bonchev–Trinajstić information content (AvgIpc) is 2.64. The molecule has 64 valence electrons. The summed E-state index contributed by atoms with van der Waals surface area (Å²) >= 11 is 0. The second kappa shape index (κ2) is 2.49. The molecular formula is C8H11N3O. The highest BCUT2D eigenvalue weighted by Crippen LogP contribution is 2.54. The SMILES string of the molecule is [N-]=[N+]=NC(=O)C12CCC(CC1)C2. The molecule has 0 N–H and O–H groups in total. The lowest BCUT2D eigenvalue weighted by Crippen LogP contribution is -2.23. The highest BCUT2D eigenvalue weighted by atomic mass is 16.2. The highest BCUT2D eigenvalue weighted by molar-refractivity contribution is 5.84. The summed E-state index contributed by atoms with van der Waals surface area (Å²) < 4.78 is 0. The minimum atomic E-state index is -0.239. The van der Waals surface area contributed by atoms with Crippen molar-refractivity contribution in [3.63, 3.8) is 0 Å². The Balaban J connectivity index is 2.21. The van der Waals surface area contributed by atoms with Crippen molar-refractivity contribution < 1.29 is 4.79 Å². The molecule has 0 heterocycles. The topological polar surface area (TPSA) is 65.8 Å². The van der Waals surface area contributed by atoms with E-state index in [0.29, 0.717) is 0 Å². The molecule has 2 bridgehead atoms. The van der Waals surface area contributed by atoms with E-state index < -0.39 is 0 Å². The second-order valence-electron chi connectivity index (χ2n) is 3.92. The van der Waals surface area contributed by atoms with Crippen molar-refractivity contribution in [2.45, 2.75) is 32.1 Å². The Bertz CT molecular complexity index is 259. The Morgan fingerprint density at radius 2 is 2.17 bits per heavy atom. The zero-order chi connectivity index (χ0) is 8.60. The molecule has 0 aliphatic heterocycles. The van der Waals surface area contributed by atoms with Crippen molar-refractivity contribution in [3.8, 4) is 0 Å². The minimum absolute atomic E-state index is 0.218. The summed E-state index contributed by atoms with van der Waals surface area (Å²) in [7, 11) is 0. The number of nitrogens with zero attached hydrogens (tertiary/aromatic N) is 3. The second-order valence-corrected chi connectivity index (χ2v) is 3.92. The van der Waals surface area contributed by atoms with Crippen molar-refractivity contribution in [1.82, 2.24) is 0 Å². The van der Waals surface area contributed by atoms with E-state index in [2.05, 4.69) is 10.0 Å². The first kappa shape index (κ1) is 7.62. The molecule has 12 heavy (non-hydrogen) atoms. The maximum absolute atomic E-state index is 11.4. The summed E-state index contributed by atoms with van der Waals surface area (Å²) in [6.45, 7) is 0. The van der Waals surface area contributed by atoms with Gasteiger partial charge in [0, 0.05) is 10.3 Å². The molecule has 0 saturated heterocycles. The van der Waals surface area contributed by atoms with E-state index in [4.69, 9.17) is 5.53 Å². The fourth-order valence-corrected chi connectivity index (χ4v) is 2.64. The normalized spacial score (nSPS) is 37.8. The molecule has 0 aromatic rings. The van der Waals surface area contributed by atoms with E-state index in [-0.39, 0.29) is 11.3 Å². The van der Waals surface area contributed by atoms with Crippen LogP contribution in [0.4, 0.5) is 0 Å². The van der Waals surface area contributed by atoms with Gasteiger partial charge >= 0.3 is 0 Å². The van der Waals surface area contributed by atoms with Gasteiger partial charge in [-0.2, -0.15) is 0 Å². The summed E-state index contributed by atoms with van der Waals surface area (Å²) in [5.74, 6) is 0.507. The van der Waals surface area contributed by atoms with Crippen LogP contribution < -0.4 is 0 Å². The van der Waals surface area contributed by atoms with Crippen molar-refractivity contribution >= 4 is 5.91 Å². The first-order valence-corrected chi connectivity index (χ1v) is 4.36. The van der Waals surface area contributed by atoms with Gasteiger partial charge < -0.3 is 0 Å². The van der Waals surface area contributed by atoms with E-state index >= 15 is 0 Å². The molecule has 0 spiro atoms. The number of carbonyl (C=O) groups is 1. The van der Waals surface area contributed by atoms with Crippen molar-refractivity contribution in [1.29, 1.82) is 0 Å². The first-order chi connectivity index (χ1) is 5.77. The Hall–Kier alpha value is -1.02. The van der Waals surface area contributed by atoms with Gasteiger partial charge in [0.25, 0.3) is 0 Å². The summed E-state index contributed by atoms with van der Waals surface area (Å²) in [5, 5.41) is 3.22. The largest absolute Gasteiger partial charge is 0.292 e. The van der Waals surface area contributed by atoms with Crippen molar-refractivity contribution in [2.75, 3.05) is 0 Å². The lowest BCUT2D eigenvalue weighted by atomic mass is 9.84. The molecule has 0 aromatic carbocycles. The molecule has 2 aliphatic carbocycles. The van der Waals surface area contributed by atoms with Gasteiger partial charge in [-0.25, -0.2) is 0 Å². The third kappa shape index (κ3) is 0.916. The molecular weight excluding hydrogens is 154 g/mol. The smallest absolute Gasteiger partial charge is 0.225 e. The van der Waals surface area contributed by atoms with E-state index in [1.54, 1.807) is 0 Å². The average molecular weight is 165 g/mol. The molecule has 2 aliphatic rings. The number of azide groups is 1. The number of hydrogen-bond acceptors (Lipinski definition) is 1. The fraction of sp³-hybridized carbons (Fsp3) is 0.875. The molecule has 2 fully saturated rings. The molecule has 2 saturated carbocycles. The van der Waals surface area contributed by atoms with Crippen LogP contribution in [-0.2, 0) is 4.79 Å². The van der Waals surface area contributed by atoms with Crippen LogP contribution in [0.1, 0.15) is 32.1 Å². The molecule has 0 atom stereocenters. The molecule has 1 amide bonds. The first-order valence-electron chi connectivity index (χ1n) is 4.36. The molecule has 0 unspecified atom stereocenters. The molecule has 4 heteroatoms. The van der Waals surface area contributed by atoms with Gasteiger partial charge in [0.15, 0.2) is 0 Å². The number of rotatable bonds is 1. The van der Waals surface area contributed by atoms with Crippen LogP contribution in [0.25, 0.3) is 10.4 Å². The van der Waals surface area contributed by atoms with E-state index in [1.165, 1.54) is 0 Å². The number of hydrogen-bond donors (Lipinski definition) is 0. The van der Waals surface area contributed by atoms with Gasteiger partial charge in [-0.3, -0.25) is 4.79 Å². The standard InChI is InChI=1S/C8H11N3O/c9-11-10-7(12)8-3-1-6(5-8)2-4-8/h6H,1-5H2. The Morgan fingerprint density at radius 3 is 2.58 bits per heavy atom. The van der Waals surface area contributed by atoms with E-state index in [0.717, 1.165) is 38.0 Å². The van der Waals surface area contributed by atoms with Gasteiger partial charge in [0.05, 0.1) is 0 Å². The van der Waals surface area contributed by atoms with Crippen molar-refractivity contribution in [2.24, 2.45) is 16.4 Å². The third-order valence-corrected chi connectivity index (χ3v) is 3.33. The van der Waals surface area contributed by atoms with Crippen molar-refractivity contribution in [3.05, 3.63) is 10.4 Å². The van der Waals surface area contributed by atoms with Crippen LogP contribution >= 0.6 is 0 Å². The molecule has 2 rings (SSSR count). The van der Waals surface area contributed by atoms with Gasteiger partial charge in [-0.1, -0.05) is 0 Å². The monoisotopic (exact) mass is 165 g/mol. The van der Waals surface area contributed by atoms with Crippen LogP contribution in [0.15, 0.2) is 5.11 Å². The quantitative estimate of drug-likeness (QED) is 0.334. The van der Waals surface area contributed by atoms with Gasteiger partial charge in [-0.15, -0.1) is 0 Å². The maximum atomic E-state index is 11.4. The fourth-order valence-electron chi connectivity index (χ4n) is 2.64. The summed E-state index contributed by atoms with van der Waals surface area (Å²) in [6.07, 6.45) is 5.13. The van der Waals surface area contributed by atoms with Gasteiger partial charge in [0.2, 0.25) is 5.91 Å². The number of carbonyl (C=O) groups excluding carboxylic acids is 1. The van der Waals surface area contributed by atoms with Gasteiger partial charge in [-0.05, 0) is 48.7 Å². The predicted molar refractivity (Wildman–Crippen MR) is 43.2 cm³/mol. The Kier molecular flexibility index (Phi) is 1.58. The Morgan fingerprint density at radius 1 is 1.50 bits per heavy atom. The zero-order valence-electron chi connectivity index (χ0n) is 6.86. The van der Waals surface area contributed by atoms with Gasteiger partial charge in [0.1, 0.15) is 0 Å². The van der Waals surface area contributed by atoms with Crippen LogP contribution in [0.3, 0.4) is 0 Å². The Labute approximate surface area is 70.6 Å². The zero-order valence-corrected chi connectivity index (χ0v) is 6.86. The van der Waals surface area contributed by atoms with Crippen LogP contribution in [0.5, 0.6) is 0 Å². The number of amides is 1. The maximum Gasteiger partial charge on any atom is 0.225 e. The molecule has 0 aromatic heterocycles. The lowest BCUT2D eigenvalue weighted by molar-refractivity contribution is -0.127. The van der Waals surface area contributed by atoms with E-state index in [1.807, 2.05) is 0 Å². The number of fused-ring (bicyclic) bond motifs is 2. The highest BCUT2D eigenvalue weighted by Gasteiger charge is 2.49. The summed E-state index contributed by atoms with van der Waals surface area (Å²) in [6, 6.07) is 0.